The van der Waals surface area contributed by atoms with Crippen LogP contribution in [0.1, 0.15) is 46.5 Å². The number of hydrogen-bond acceptors (Lipinski definition) is 2. The van der Waals surface area contributed by atoms with E-state index in [4.69, 9.17) is 9.78 Å². The highest BCUT2D eigenvalue weighted by atomic mass is 17.2. The molecule has 0 unspecified atom stereocenters. The van der Waals surface area contributed by atoms with Crippen molar-refractivity contribution >= 4 is 0 Å². The van der Waals surface area contributed by atoms with Gasteiger partial charge in [-0.15, -0.1) is 6.58 Å². The van der Waals surface area contributed by atoms with E-state index in [-0.39, 0.29) is 0 Å². The predicted molar refractivity (Wildman–Crippen MR) is 62.4 cm³/mol. The van der Waals surface area contributed by atoms with Crippen LogP contribution in [0.2, 0.25) is 0 Å². The fourth-order valence-corrected chi connectivity index (χ4v) is 2.21. The van der Waals surface area contributed by atoms with Gasteiger partial charge in [-0.05, 0) is 37.0 Å². The average molecular weight is 212 g/mol. The van der Waals surface area contributed by atoms with E-state index in [1.165, 1.54) is 12.8 Å². The molecule has 2 nitrogen and oxygen atoms in total. The average Bonchev–Trinajstić information content (AvgIpc) is 2.18. The zero-order valence-electron chi connectivity index (χ0n) is 10.3. The standard InChI is InChI=1S/C13H24O2/c1-5-10-14-15-12-8-6-11(7-9-12)13(2,3)4/h5,11-12H,1,6-10H2,2-4H3. The van der Waals surface area contributed by atoms with Crippen LogP contribution in [-0.2, 0) is 9.78 Å². The van der Waals surface area contributed by atoms with Gasteiger partial charge in [0.05, 0.1) is 6.10 Å². The van der Waals surface area contributed by atoms with Crippen LogP contribution in [0, 0.1) is 11.3 Å². The lowest BCUT2D eigenvalue weighted by atomic mass is 9.72. The first-order valence-corrected chi connectivity index (χ1v) is 5.93. The van der Waals surface area contributed by atoms with Crippen LogP contribution in [0.5, 0.6) is 0 Å². The van der Waals surface area contributed by atoms with Crippen molar-refractivity contribution in [3.8, 4) is 0 Å². The zero-order valence-corrected chi connectivity index (χ0v) is 10.3. The molecule has 0 bridgehead atoms. The molecular weight excluding hydrogens is 188 g/mol. The van der Waals surface area contributed by atoms with E-state index < -0.39 is 0 Å². The fourth-order valence-electron chi connectivity index (χ4n) is 2.21. The molecule has 0 aromatic carbocycles. The quantitative estimate of drug-likeness (QED) is 0.306. The Morgan fingerprint density at radius 3 is 2.27 bits per heavy atom. The number of rotatable bonds is 4. The Bertz CT molecular complexity index is 185. The van der Waals surface area contributed by atoms with E-state index in [1.807, 2.05) is 0 Å². The van der Waals surface area contributed by atoms with Gasteiger partial charge in [0.1, 0.15) is 6.61 Å². The van der Waals surface area contributed by atoms with Crippen LogP contribution in [0.15, 0.2) is 12.7 Å². The van der Waals surface area contributed by atoms with Crippen LogP contribution in [0.25, 0.3) is 0 Å². The van der Waals surface area contributed by atoms with Gasteiger partial charge in [-0.2, -0.15) is 0 Å². The first-order chi connectivity index (χ1) is 7.04. The van der Waals surface area contributed by atoms with Gasteiger partial charge in [0.15, 0.2) is 0 Å². The molecule has 1 saturated carbocycles. The van der Waals surface area contributed by atoms with E-state index in [9.17, 15) is 0 Å². The summed E-state index contributed by atoms with van der Waals surface area (Å²) in [5.41, 5.74) is 0.437. The first kappa shape index (κ1) is 12.7. The molecule has 0 aromatic heterocycles. The third-order valence-corrected chi connectivity index (χ3v) is 3.29. The highest BCUT2D eigenvalue weighted by Crippen LogP contribution is 2.38. The molecule has 1 fully saturated rings. The molecule has 0 N–H and O–H groups in total. The highest BCUT2D eigenvalue weighted by Gasteiger charge is 2.30. The summed E-state index contributed by atoms with van der Waals surface area (Å²) in [7, 11) is 0. The van der Waals surface area contributed by atoms with Crippen molar-refractivity contribution in [3.05, 3.63) is 12.7 Å². The molecule has 0 aliphatic heterocycles. The van der Waals surface area contributed by atoms with Gasteiger partial charge < -0.3 is 0 Å². The molecule has 1 aliphatic rings. The van der Waals surface area contributed by atoms with Crippen molar-refractivity contribution in [1.29, 1.82) is 0 Å². The molecule has 0 radical (unpaired) electrons. The maximum absolute atomic E-state index is 5.31. The summed E-state index contributed by atoms with van der Waals surface area (Å²) in [5.74, 6) is 0.830. The molecular formula is C13H24O2. The Hall–Kier alpha value is -0.340. The van der Waals surface area contributed by atoms with Gasteiger partial charge >= 0.3 is 0 Å². The molecule has 2 heteroatoms. The second-order valence-electron chi connectivity index (χ2n) is 5.51. The second-order valence-corrected chi connectivity index (χ2v) is 5.51. The molecule has 88 valence electrons. The summed E-state index contributed by atoms with van der Waals surface area (Å²) in [6.07, 6.45) is 6.76. The predicted octanol–water partition coefficient (Wildman–Crippen LogP) is 3.73. The van der Waals surface area contributed by atoms with Crippen LogP contribution in [0.3, 0.4) is 0 Å². The second kappa shape index (κ2) is 5.66. The van der Waals surface area contributed by atoms with Crippen LogP contribution < -0.4 is 0 Å². The summed E-state index contributed by atoms with van der Waals surface area (Å²) in [5, 5.41) is 0. The molecule has 0 amide bonds. The molecule has 0 atom stereocenters. The van der Waals surface area contributed by atoms with E-state index in [2.05, 4.69) is 27.4 Å². The van der Waals surface area contributed by atoms with Gasteiger partial charge in [-0.3, -0.25) is 0 Å². The normalized spacial score (nSPS) is 27.7. The van der Waals surface area contributed by atoms with Crippen molar-refractivity contribution in [2.75, 3.05) is 6.61 Å². The van der Waals surface area contributed by atoms with Gasteiger partial charge in [0, 0.05) is 0 Å². The largest absolute Gasteiger partial charge is 0.233 e. The Morgan fingerprint density at radius 2 is 1.80 bits per heavy atom. The highest BCUT2D eigenvalue weighted by molar-refractivity contribution is 4.80. The Kier molecular flexibility index (Phi) is 4.81. The van der Waals surface area contributed by atoms with E-state index >= 15 is 0 Å². The Labute approximate surface area is 93.6 Å². The topological polar surface area (TPSA) is 18.5 Å². The molecule has 0 saturated heterocycles. The molecule has 15 heavy (non-hydrogen) atoms. The van der Waals surface area contributed by atoms with Crippen molar-refractivity contribution in [2.45, 2.75) is 52.6 Å². The van der Waals surface area contributed by atoms with Gasteiger partial charge in [-0.25, -0.2) is 9.78 Å². The lowest BCUT2D eigenvalue weighted by Crippen LogP contribution is -2.29. The first-order valence-electron chi connectivity index (χ1n) is 5.93. The minimum absolute atomic E-state index is 0.295. The summed E-state index contributed by atoms with van der Waals surface area (Å²) in [4.78, 5) is 10.3. The molecule has 0 heterocycles. The maximum atomic E-state index is 5.31. The zero-order chi connectivity index (χ0) is 11.3. The minimum Gasteiger partial charge on any atom is -0.233 e. The maximum Gasteiger partial charge on any atom is 0.100 e. The van der Waals surface area contributed by atoms with Crippen LogP contribution in [-0.4, -0.2) is 12.7 Å². The molecule has 0 aromatic rings. The monoisotopic (exact) mass is 212 g/mol. The van der Waals surface area contributed by atoms with Gasteiger partial charge in [-0.1, -0.05) is 26.8 Å². The van der Waals surface area contributed by atoms with Gasteiger partial charge in [0.2, 0.25) is 0 Å². The SMILES string of the molecule is C=CCOOC1CCC(C(C)(C)C)CC1. The third-order valence-electron chi connectivity index (χ3n) is 3.29. The fraction of sp³-hybridized carbons (Fsp3) is 0.846. The summed E-state index contributed by atoms with van der Waals surface area (Å²) < 4.78 is 0. The van der Waals surface area contributed by atoms with Crippen molar-refractivity contribution in [2.24, 2.45) is 11.3 Å². The summed E-state index contributed by atoms with van der Waals surface area (Å²) in [6, 6.07) is 0. The van der Waals surface area contributed by atoms with Gasteiger partial charge in [0.25, 0.3) is 0 Å². The molecule has 0 spiro atoms. The van der Waals surface area contributed by atoms with Crippen molar-refractivity contribution < 1.29 is 9.78 Å². The lowest BCUT2D eigenvalue weighted by Gasteiger charge is -2.36. The summed E-state index contributed by atoms with van der Waals surface area (Å²) in [6.45, 7) is 11.0. The third kappa shape index (κ3) is 4.35. The Morgan fingerprint density at radius 1 is 1.20 bits per heavy atom. The van der Waals surface area contributed by atoms with Crippen LogP contribution in [0.4, 0.5) is 0 Å². The van der Waals surface area contributed by atoms with Crippen molar-refractivity contribution in [1.82, 2.24) is 0 Å². The van der Waals surface area contributed by atoms with E-state index in [1.54, 1.807) is 6.08 Å². The van der Waals surface area contributed by atoms with Crippen molar-refractivity contribution in [3.63, 3.8) is 0 Å². The minimum atomic E-state index is 0.295. The number of hydrogen-bond donors (Lipinski definition) is 0. The smallest absolute Gasteiger partial charge is 0.100 e. The molecule has 1 rings (SSSR count). The van der Waals surface area contributed by atoms with Crippen LogP contribution >= 0.6 is 0 Å². The molecule has 1 aliphatic carbocycles. The van der Waals surface area contributed by atoms with E-state index in [0.29, 0.717) is 18.1 Å². The Balaban J connectivity index is 2.21. The lowest BCUT2D eigenvalue weighted by molar-refractivity contribution is -0.323. The summed E-state index contributed by atoms with van der Waals surface area (Å²) >= 11 is 0. The van der Waals surface area contributed by atoms with E-state index in [0.717, 1.165) is 18.8 Å².